The molecular formula is C15H31N3O2. The highest BCUT2D eigenvalue weighted by atomic mass is 16.2. The lowest BCUT2D eigenvalue weighted by Crippen LogP contribution is -2.45. The number of amides is 1. The van der Waals surface area contributed by atoms with Crippen LogP contribution in [0.3, 0.4) is 0 Å². The van der Waals surface area contributed by atoms with Crippen LogP contribution in [0.4, 0.5) is 0 Å². The lowest BCUT2D eigenvalue weighted by atomic mass is 10.1. The fourth-order valence-corrected chi connectivity index (χ4v) is 2.39. The molecule has 0 bridgehead atoms. The van der Waals surface area contributed by atoms with Gasteiger partial charge >= 0.3 is 0 Å². The quantitative estimate of drug-likeness (QED) is 0.826. The van der Waals surface area contributed by atoms with E-state index >= 15 is 0 Å². The van der Waals surface area contributed by atoms with Crippen LogP contribution in [0.1, 0.15) is 40.5 Å². The van der Waals surface area contributed by atoms with Gasteiger partial charge in [0.2, 0.25) is 5.91 Å². The van der Waals surface area contributed by atoms with E-state index < -0.39 is 0 Å². The van der Waals surface area contributed by atoms with Gasteiger partial charge < -0.3 is 10.2 Å². The van der Waals surface area contributed by atoms with E-state index in [9.17, 15) is 9.59 Å². The molecule has 2 saturated heterocycles. The summed E-state index contributed by atoms with van der Waals surface area (Å²) >= 11 is 0. The van der Waals surface area contributed by atoms with E-state index in [-0.39, 0.29) is 19.1 Å². The Kier molecular flexibility index (Phi) is 10.3. The van der Waals surface area contributed by atoms with E-state index in [4.69, 9.17) is 0 Å². The van der Waals surface area contributed by atoms with Gasteiger partial charge in [-0.1, -0.05) is 7.43 Å². The molecule has 0 aromatic rings. The van der Waals surface area contributed by atoms with E-state index in [1.54, 1.807) is 13.8 Å². The molecule has 0 aromatic carbocycles. The molecule has 0 aromatic heterocycles. The first-order chi connectivity index (χ1) is 9.09. The number of nitrogens with one attached hydrogen (secondary N) is 1. The van der Waals surface area contributed by atoms with E-state index in [0.29, 0.717) is 6.54 Å². The molecule has 1 N–H and O–H groups in total. The molecule has 2 rings (SSSR count). The van der Waals surface area contributed by atoms with Crippen molar-refractivity contribution in [1.29, 1.82) is 0 Å². The molecule has 2 aliphatic rings. The van der Waals surface area contributed by atoms with Crippen molar-refractivity contribution in [3.05, 3.63) is 0 Å². The summed E-state index contributed by atoms with van der Waals surface area (Å²) in [7, 11) is 0. The number of carbonyl (C=O) groups excluding carboxylic acids is 2. The number of Topliss-reactive ketones (excluding diaryl/α,β-unsaturated/α-hetero) is 1. The third-order valence-electron chi connectivity index (χ3n) is 3.46. The van der Waals surface area contributed by atoms with Crippen molar-refractivity contribution >= 4 is 11.7 Å². The minimum Gasteiger partial charge on any atom is -0.343 e. The topological polar surface area (TPSA) is 52.7 Å². The second-order valence-electron chi connectivity index (χ2n) is 5.29. The molecule has 0 aliphatic carbocycles. The molecular weight excluding hydrogens is 254 g/mol. The zero-order valence-corrected chi connectivity index (χ0v) is 12.3. The van der Waals surface area contributed by atoms with Crippen LogP contribution in [-0.2, 0) is 9.59 Å². The fraction of sp³-hybridized carbons (Fsp3) is 0.867. The number of ketones is 1. The van der Waals surface area contributed by atoms with Gasteiger partial charge in [0, 0.05) is 46.2 Å². The summed E-state index contributed by atoms with van der Waals surface area (Å²) in [5, 5.41) is 3.23. The number of nitrogens with zero attached hydrogens (tertiary/aromatic N) is 2. The molecule has 0 unspecified atom stereocenters. The first kappa shape index (κ1) is 19.1. The Hall–Kier alpha value is -0.940. The first-order valence-corrected chi connectivity index (χ1v) is 7.27. The molecule has 0 atom stereocenters. The van der Waals surface area contributed by atoms with Crippen LogP contribution < -0.4 is 5.32 Å². The van der Waals surface area contributed by atoms with E-state index in [1.807, 2.05) is 4.90 Å². The highest BCUT2D eigenvalue weighted by molar-refractivity contribution is 5.77. The van der Waals surface area contributed by atoms with Crippen LogP contribution >= 0.6 is 0 Å². The van der Waals surface area contributed by atoms with Crippen molar-refractivity contribution in [3.63, 3.8) is 0 Å². The Morgan fingerprint density at radius 1 is 0.950 bits per heavy atom. The molecule has 5 nitrogen and oxygen atoms in total. The molecule has 20 heavy (non-hydrogen) atoms. The van der Waals surface area contributed by atoms with E-state index in [1.165, 1.54) is 19.3 Å². The van der Waals surface area contributed by atoms with E-state index in [2.05, 4.69) is 10.2 Å². The lowest BCUT2D eigenvalue weighted by Gasteiger charge is -2.25. The molecule has 5 heteroatoms. The first-order valence-electron chi connectivity index (χ1n) is 7.27. The Morgan fingerprint density at radius 3 is 1.90 bits per heavy atom. The zero-order valence-electron chi connectivity index (χ0n) is 12.3. The number of hydrogen-bond acceptors (Lipinski definition) is 4. The summed E-state index contributed by atoms with van der Waals surface area (Å²) in [5.74, 6) is 0.497. The van der Waals surface area contributed by atoms with Gasteiger partial charge in [-0.2, -0.15) is 0 Å². The molecule has 2 aliphatic heterocycles. The van der Waals surface area contributed by atoms with Crippen LogP contribution in [0.2, 0.25) is 0 Å². The van der Waals surface area contributed by atoms with Gasteiger partial charge in [-0.05, 0) is 26.2 Å². The second-order valence-corrected chi connectivity index (χ2v) is 5.29. The predicted octanol–water partition coefficient (Wildman–Crippen LogP) is 1.14. The molecule has 0 spiro atoms. The number of likely N-dealkylation sites (tertiary alicyclic amines) is 1. The van der Waals surface area contributed by atoms with Crippen molar-refractivity contribution in [2.75, 3.05) is 45.8 Å². The monoisotopic (exact) mass is 285 g/mol. The molecule has 0 saturated carbocycles. The number of piperidine rings is 1. The average Bonchev–Trinajstić information content (AvgIpc) is 2.41. The van der Waals surface area contributed by atoms with Crippen LogP contribution in [-0.4, -0.2) is 67.3 Å². The third-order valence-corrected chi connectivity index (χ3v) is 3.46. The predicted molar refractivity (Wildman–Crippen MR) is 82.8 cm³/mol. The van der Waals surface area contributed by atoms with Crippen molar-refractivity contribution in [2.24, 2.45) is 0 Å². The largest absolute Gasteiger partial charge is 0.343 e. The van der Waals surface area contributed by atoms with Crippen molar-refractivity contribution in [1.82, 2.24) is 15.1 Å². The summed E-state index contributed by atoms with van der Waals surface area (Å²) in [6.45, 7) is 9.94. The SMILES string of the molecule is C.CC(=O)CN1CCNCC1.CC(=O)N1CCCCC1. The van der Waals surface area contributed by atoms with Crippen LogP contribution in [0.15, 0.2) is 0 Å². The van der Waals surface area contributed by atoms with Gasteiger partial charge in [0.25, 0.3) is 0 Å². The summed E-state index contributed by atoms with van der Waals surface area (Å²) in [6, 6.07) is 0. The van der Waals surface area contributed by atoms with Gasteiger partial charge in [0.15, 0.2) is 0 Å². The van der Waals surface area contributed by atoms with Gasteiger partial charge in [-0.3, -0.25) is 14.5 Å². The Bertz CT molecular complexity index is 283. The Morgan fingerprint density at radius 2 is 1.50 bits per heavy atom. The summed E-state index contributed by atoms with van der Waals surface area (Å²) in [5.41, 5.74) is 0. The highest BCUT2D eigenvalue weighted by Crippen LogP contribution is 2.07. The number of hydrogen-bond donors (Lipinski definition) is 1. The van der Waals surface area contributed by atoms with Crippen molar-refractivity contribution in [3.8, 4) is 0 Å². The van der Waals surface area contributed by atoms with Crippen LogP contribution in [0.25, 0.3) is 0 Å². The lowest BCUT2D eigenvalue weighted by molar-refractivity contribution is -0.129. The third kappa shape index (κ3) is 8.27. The molecule has 2 heterocycles. The number of piperazine rings is 1. The van der Waals surface area contributed by atoms with Crippen molar-refractivity contribution in [2.45, 2.75) is 40.5 Å². The standard InChI is InChI=1S/C7H14N2O.C7H13NO.CH4/c1-7(10)6-9-4-2-8-3-5-9;1-7(9)8-5-3-2-4-6-8;/h8H,2-6H2,1H3;2-6H2,1H3;1H4. The minimum absolute atomic E-state index is 0. The maximum absolute atomic E-state index is 10.7. The highest BCUT2D eigenvalue weighted by Gasteiger charge is 2.11. The van der Waals surface area contributed by atoms with Crippen molar-refractivity contribution < 1.29 is 9.59 Å². The Balaban J connectivity index is 0.000000345. The normalized spacial score (nSPS) is 19.4. The summed E-state index contributed by atoms with van der Waals surface area (Å²) in [6.07, 6.45) is 3.68. The van der Waals surface area contributed by atoms with Gasteiger partial charge in [-0.25, -0.2) is 0 Å². The second kappa shape index (κ2) is 10.8. The average molecular weight is 285 g/mol. The van der Waals surface area contributed by atoms with Crippen LogP contribution in [0.5, 0.6) is 0 Å². The minimum atomic E-state index is 0. The van der Waals surface area contributed by atoms with E-state index in [0.717, 1.165) is 39.3 Å². The fourth-order valence-electron chi connectivity index (χ4n) is 2.39. The number of rotatable bonds is 2. The van der Waals surface area contributed by atoms with Gasteiger partial charge in [0.05, 0.1) is 6.54 Å². The zero-order chi connectivity index (χ0) is 14.1. The maximum atomic E-state index is 10.7. The van der Waals surface area contributed by atoms with Crippen LogP contribution in [0, 0.1) is 0 Å². The molecule has 118 valence electrons. The molecule has 2 fully saturated rings. The maximum Gasteiger partial charge on any atom is 0.219 e. The summed E-state index contributed by atoms with van der Waals surface area (Å²) in [4.78, 5) is 25.5. The van der Waals surface area contributed by atoms with Gasteiger partial charge in [0.1, 0.15) is 5.78 Å². The molecule has 1 amide bonds. The number of carbonyl (C=O) groups is 2. The Labute approximate surface area is 123 Å². The molecule has 0 radical (unpaired) electrons. The smallest absolute Gasteiger partial charge is 0.219 e. The summed E-state index contributed by atoms with van der Waals surface area (Å²) < 4.78 is 0. The van der Waals surface area contributed by atoms with Gasteiger partial charge in [-0.15, -0.1) is 0 Å².